The molecule has 6 nitrogen and oxygen atoms in total. The van der Waals surface area contributed by atoms with Gasteiger partial charge in [-0.3, -0.25) is 9.89 Å². The molecule has 0 spiro atoms. The van der Waals surface area contributed by atoms with Crippen molar-refractivity contribution in [1.82, 2.24) is 15.6 Å². The minimum absolute atomic E-state index is 0.339. The summed E-state index contributed by atoms with van der Waals surface area (Å²) in [5, 5.41) is 11.1. The van der Waals surface area contributed by atoms with Crippen molar-refractivity contribution >= 4 is 12.1 Å². The number of nitrogens with one attached hydrogen (secondary N) is 2. The summed E-state index contributed by atoms with van der Waals surface area (Å²) in [5.74, 6) is 1.08. The van der Waals surface area contributed by atoms with Gasteiger partial charge in [-0.2, -0.15) is 10.2 Å². The first-order valence-corrected chi connectivity index (χ1v) is 9.88. The van der Waals surface area contributed by atoms with Crippen LogP contribution in [-0.2, 0) is 0 Å². The number of nitrogens with zero attached hydrogens (tertiary/aromatic N) is 2. The number of benzene rings is 3. The molecule has 0 saturated heterocycles. The predicted octanol–water partition coefficient (Wildman–Crippen LogP) is 5.25. The second-order valence-electron chi connectivity index (χ2n) is 7.15. The van der Waals surface area contributed by atoms with Gasteiger partial charge < -0.3 is 4.74 Å². The molecule has 0 saturated carbocycles. The van der Waals surface area contributed by atoms with Crippen LogP contribution in [0, 0.1) is 13.8 Å². The van der Waals surface area contributed by atoms with E-state index in [9.17, 15) is 4.79 Å². The highest BCUT2D eigenvalue weighted by atomic mass is 16.5. The summed E-state index contributed by atoms with van der Waals surface area (Å²) in [7, 11) is 0. The van der Waals surface area contributed by atoms with Crippen LogP contribution in [0.2, 0.25) is 0 Å². The Bertz CT molecular complexity index is 1230. The van der Waals surface area contributed by atoms with E-state index in [1.807, 2.05) is 73.7 Å². The number of hydrazone groups is 1. The summed E-state index contributed by atoms with van der Waals surface area (Å²) < 4.78 is 5.81. The minimum Gasteiger partial charge on any atom is -0.457 e. The lowest BCUT2D eigenvalue weighted by atomic mass is 10.0. The van der Waals surface area contributed by atoms with Crippen LogP contribution < -0.4 is 10.2 Å². The molecule has 1 heterocycles. The highest BCUT2D eigenvalue weighted by Gasteiger charge is 2.11. The summed E-state index contributed by atoms with van der Waals surface area (Å²) in [6.45, 7) is 4.11. The van der Waals surface area contributed by atoms with Crippen LogP contribution in [0.4, 0.5) is 0 Å². The summed E-state index contributed by atoms with van der Waals surface area (Å²) >= 11 is 0. The molecular formula is C25H22N4O2. The van der Waals surface area contributed by atoms with Crippen molar-refractivity contribution in [1.29, 1.82) is 0 Å². The van der Waals surface area contributed by atoms with Gasteiger partial charge in [0.05, 0.1) is 11.9 Å². The number of aromatic nitrogens is 2. The van der Waals surface area contributed by atoms with Crippen LogP contribution in [0.5, 0.6) is 11.5 Å². The number of ether oxygens (including phenoxy) is 1. The zero-order valence-corrected chi connectivity index (χ0v) is 17.3. The van der Waals surface area contributed by atoms with Crippen molar-refractivity contribution in [3.05, 3.63) is 101 Å². The summed E-state index contributed by atoms with van der Waals surface area (Å²) in [6.07, 6.45) is 1.57. The molecule has 4 rings (SSSR count). The topological polar surface area (TPSA) is 79.4 Å². The third-order valence-corrected chi connectivity index (χ3v) is 4.84. The molecule has 6 heteroatoms. The largest absolute Gasteiger partial charge is 0.457 e. The number of hydrogen-bond acceptors (Lipinski definition) is 4. The van der Waals surface area contributed by atoms with E-state index < -0.39 is 0 Å². The Morgan fingerprint density at radius 1 is 0.935 bits per heavy atom. The summed E-state index contributed by atoms with van der Waals surface area (Å²) in [4.78, 5) is 12.4. The lowest BCUT2D eigenvalue weighted by Crippen LogP contribution is -2.18. The second-order valence-corrected chi connectivity index (χ2v) is 7.15. The lowest BCUT2D eigenvalue weighted by molar-refractivity contribution is 0.0950. The number of H-pyrrole nitrogens is 1. The number of aromatic amines is 1. The molecule has 1 aromatic heterocycles. The Hall–Kier alpha value is -4.19. The number of hydrogen-bond donors (Lipinski definition) is 2. The number of carbonyl (C=O) groups is 1. The molecule has 0 fully saturated rings. The quantitative estimate of drug-likeness (QED) is 0.337. The van der Waals surface area contributed by atoms with E-state index in [4.69, 9.17) is 4.74 Å². The molecule has 1 amide bonds. The maximum absolute atomic E-state index is 12.4. The fourth-order valence-corrected chi connectivity index (χ4v) is 3.00. The van der Waals surface area contributed by atoms with E-state index in [-0.39, 0.29) is 5.91 Å². The van der Waals surface area contributed by atoms with Gasteiger partial charge in [-0.05, 0) is 66.9 Å². The molecule has 154 valence electrons. The maximum Gasteiger partial charge on any atom is 0.289 e. The molecule has 0 radical (unpaired) electrons. The third kappa shape index (κ3) is 5.05. The smallest absolute Gasteiger partial charge is 0.289 e. The fourth-order valence-electron chi connectivity index (χ4n) is 3.00. The number of rotatable bonds is 6. The zero-order chi connectivity index (χ0) is 21.6. The van der Waals surface area contributed by atoms with Gasteiger partial charge >= 0.3 is 0 Å². The zero-order valence-electron chi connectivity index (χ0n) is 17.3. The Balaban J connectivity index is 1.39. The van der Waals surface area contributed by atoms with Gasteiger partial charge in [0.25, 0.3) is 5.91 Å². The third-order valence-electron chi connectivity index (χ3n) is 4.84. The van der Waals surface area contributed by atoms with E-state index in [1.165, 1.54) is 11.1 Å². The first-order chi connectivity index (χ1) is 15.1. The molecule has 0 bridgehead atoms. The number of para-hydroxylation sites is 1. The van der Waals surface area contributed by atoms with Crippen molar-refractivity contribution in [2.24, 2.45) is 5.10 Å². The lowest BCUT2D eigenvalue weighted by Gasteiger charge is -2.05. The molecule has 0 aliphatic carbocycles. The van der Waals surface area contributed by atoms with Gasteiger partial charge in [0, 0.05) is 5.56 Å². The maximum atomic E-state index is 12.4. The average Bonchev–Trinajstić information content (AvgIpc) is 3.27. The summed E-state index contributed by atoms with van der Waals surface area (Å²) in [6, 6.07) is 24.8. The van der Waals surface area contributed by atoms with Crippen molar-refractivity contribution in [3.8, 4) is 22.8 Å². The SMILES string of the molecule is Cc1ccc(-c2cc(C(=O)N/N=C/c3cccc(Oc4ccccc4)c3)[nH]n2)cc1C. The van der Waals surface area contributed by atoms with E-state index >= 15 is 0 Å². The Kier molecular flexibility index (Phi) is 5.89. The number of carbonyl (C=O) groups excluding carboxylic acids is 1. The number of amides is 1. The van der Waals surface area contributed by atoms with Crippen LogP contribution in [0.3, 0.4) is 0 Å². The Morgan fingerprint density at radius 2 is 1.74 bits per heavy atom. The molecule has 31 heavy (non-hydrogen) atoms. The fraction of sp³-hybridized carbons (Fsp3) is 0.0800. The van der Waals surface area contributed by atoms with Crippen molar-refractivity contribution in [2.75, 3.05) is 0 Å². The molecule has 4 aromatic rings. The van der Waals surface area contributed by atoms with Crippen molar-refractivity contribution < 1.29 is 9.53 Å². The first kappa shape index (κ1) is 20.1. The molecule has 0 atom stereocenters. The van der Waals surface area contributed by atoms with Crippen LogP contribution >= 0.6 is 0 Å². The average molecular weight is 410 g/mol. The monoisotopic (exact) mass is 410 g/mol. The highest BCUT2D eigenvalue weighted by Crippen LogP contribution is 2.22. The van der Waals surface area contributed by atoms with Gasteiger partial charge in [-0.25, -0.2) is 5.43 Å². The Morgan fingerprint density at radius 3 is 2.55 bits per heavy atom. The predicted molar refractivity (Wildman–Crippen MR) is 122 cm³/mol. The van der Waals surface area contributed by atoms with E-state index in [2.05, 4.69) is 33.7 Å². The van der Waals surface area contributed by atoms with Crippen molar-refractivity contribution in [2.45, 2.75) is 13.8 Å². The normalized spacial score (nSPS) is 10.9. The van der Waals surface area contributed by atoms with Gasteiger partial charge in [0.15, 0.2) is 0 Å². The van der Waals surface area contributed by atoms with Crippen LogP contribution in [-0.4, -0.2) is 22.3 Å². The van der Waals surface area contributed by atoms with Crippen LogP contribution in [0.15, 0.2) is 84.0 Å². The summed E-state index contributed by atoms with van der Waals surface area (Å²) in [5.41, 5.74) is 7.71. The number of aryl methyl sites for hydroxylation is 2. The van der Waals surface area contributed by atoms with E-state index in [0.29, 0.717) is 17.1 Å². The molecule has 0 unspecified atom stereocenters. The molecule has 0 aliphatic rings. The van der Waals surface area contributed by atoms with Crippen LogP contribution in [0.25, 0.3) is 11.3 Å². The Labute approximate surface area is 180 Å². The van der Waals surface area contributed by atoms with Gasteiger partial charge in [0.1, 0.15) is 17.2 Å². The molecular weight excluding hydrogens is 388 g/mol. The van der Waals surface area contributed by atoms with Gasteiger partial charge in [-0.1, -0.05) is 42.5 Å². The molecule has 0 aliphatic heterocycles. The van der Waals surface area contributed by atoms with E-state index in [0.717, 1.165) is 16.9 Å². The van der Waals surface area contributed by atoms with Gasteiger partial charge in [-0.15, -0.1) is 0 Å². The molecule has 3 aromatic carbocycles. The second kappa shape index (κ2) is 9.09. The van der Waals surface area contributed by atoms with Gasteiger partial charge in [0.2, 0.25) is 0 Å². The molecule has 2 N–H and O–H groups in total. The standard InChI is InChI=1S/C25H22N4O2/c1-17-11-12-20(13-18(17)2)23-15-24(28-27-23)25(30)29-26-16-19-7-6-10-22(14-19)31-21-8-4-3-5-9-21/h3-16H,1-2H3,(H,27,28)(H,29,30)/b26-16+. The van der Waals surface area contributed by atoms with E-state index in [1.54, 1.807) is 12.3 Å². The van der Waals surface area contributed by atoms with Crippen LogP contribution in [0.1, 0.15) is 27.2 Å². The highest BCUT2D eigenvalue weighted by molar-refractivity contribution is 5.94. The minimum atomic E-state index is -0.365. The first-order valence-electron chi connectivity index (χ1n) is 9.88. The van der Waals surface area contributed by atoms with Crippen molar-refractivity contribution in [3.63, 3.8) is 0 Å².